The summed E-state index contributed by atoms with van der Waals surface area (Å²) in [6.07, 6.45) is 1.44. The molecule has 1 amide bonds. The predicted molar refractivity (Wildman–Crippen MR) is 86.7 cm³/mol. The fourth-order valence-electron chi connectivity index (χ4n) is 2.37. The summed E-state index contributed by atoms with van der Waals surface area (Å²) in [6, 6.07) is 10.7. The molecule has 1 heterocycles. The van der Waals surface area contributed by atoms with E-state index >= 15 is 0 Å². The lowest BCUT2D eigenvalue weighted by Crippen LogP contribution is -2.37. The molecule has 0 fully saturated rings. The van der Waals surface area contributed by atoms with Crippen LogP contribution in [0.4, 0.5) is 8.78 Å². The summed E-state index contributed by atoms with van der Waals surface area (Å²) in [4.78, 5) is 28.8. The molecular formula is C18H12F2N2O3. The Morgan fingerprint density at radius 3 is 2.16 bits per heavy atom. The fourth-order valence-corrected chi connectivity index (χ4v) is 2.37. The van der Waals surface area contributed by atoms with Crippen molar-refractivity contribution in [2.75, 3.05) is 6.54 Å². The van der Waals surface area contributed by atoms with Crippen LogP contribution in [0.5, 0.6) is 0 Å². The molecule has 2 aromatic carbocycles. The average Bonchev–Trinajstić information content (AvgIpc) is 2.87. The molecule has 0 saturated carbocycles. The number of amides is 1. The number of nitrogens with zero attached hydrogens (tertiary/aromatic N) is 2. The molecule has 1 aliphatic rings. The molecule has 5 nitrogen and oxygen atoms in total. The third kappa shape index (κ3) is 3.60. The number of halogens is 2. The van der Waals surface area contributed by atoms with Crippen LogP contribution in [0, 0.1) is 11.6 Å². The van der Waals surface area contributed by atoms with Gasteiger partial charge >= 0.3 is 5.97 Å². The van der Waals surface area contributed by atoms with Gasteiger partial charge in [0.15, 0.2) is 0 Å². The number of hydrogen-bond acceptors (Lipinski definition) is 3. The van der Waals surface area contributed by atoms with Crippen LogP contribution >= 0.6 is 0 Å². The number of carboxylic acid groups (broad SMARTS) is 1. The topological polar surface area (TPSA) is 70.0 Å². The zero-order valence-electron chi connectivity index (χ0n) is 12.8. The second-order valence-corrected chi connectivity index (χ2v) is 5.31. The summed E-state index contributed by atoms with van der Waals surface area (Å²) in [6.45, 7) is -0.574. The Bertz CT molecular complexity index is 888. The number of carbonyl (C=O) groups excluding carboxylic acids is 1. The third-order valence-electron chi connectivity index (χ3n) is 3.52. The van der Waals surface area contributed by atoms with Crippen molar-refractivity contribution in [3.63, 3.8) is 0 Å². The van der Waals surface area contributed by atoms with Crippen molar-refractivity contribution >= 4 is 23.8 Å². The fraction of sp³-hybridized carbons (Fsp3) is 0.0556. The van der Waals surface area contributed by atoms with Gasteiger partial charge in [0.2, 0.25) is 0 Å². The number of amidine groups is 1. The van der Waals surface area contributed by atoms with Gasteiger partial charge in [0.1, 0.15) is 29.7 Å². The van der Waals surface area contributed by atoms with Gasteiger partial charge in [0.25, 0.3) is 5.91 Å². The van der Waals surface area contributed by atoms with Gasteiger partial charge in [-0.25, -0.2) is 13.8 Å². The first kappa shape index (κ1) is 16.5. The molecule has 0 bridgehead atoms. The van der Waals surface area contributed by atoms with E-state index in [-0.39, 0.29) is 11.5 Å². The molecule has 25 heavy (non-hydrogen) atoms. The molecule has 2 aromatic rings. The number of rotatable bonds is 4. The summed E-state index contributed by atoms with van der Waals surface area (Å²) in [5, 5.41) is 9.04. The van der Waals surface area contributed by atoms with Crippen LogP contribution < -0.4 is 0 Å². The number of benzene rings is 2. The minimum Gasteiger partial charge on any atom is -0.480 e. The SMILES string of the molecule is O=C(O)CN1C(=O)C(=Cc2ccc(F)cc2)N=C1c1ccc(F)cc1. The van der Waals surface area contributed by atoms with Crippen LogP contribution in [-0.4, -0.2) is 34.3 Å². The molecule has 0 saturated heterocycles. The lowest BCUT2D eigenvalue weighted by molar-refractivity contribution is -0.140. The zero-order chi connectivity index (χ0) is 18.0. The van der Waals surface area contributed by atoms with E-state index in [0.717, 1.165) is 4.90 Å². The number of carboxylic acids is 1. The maximum atomic E-state index is 13.1. The number of carbonyl (C=O) groups is 2. The van der Waals surface area contributed by atoms with Gasteiger partial charge in [0, 0.05) is 5.56 Å². The van der Waals surface area contributed by atoms with Crippen LogP contribution in [0.15, 0.2) is 59.2 Å². The normalized spacial score (nSPS) is 15.6. The second-order valence-electron chi connectivity index (χ2n) is 5.31. The van der Waals surface area contributed by atoms with E-state index in [2.05, 4.69) is 4.99 Å². The molecule has 3 rings (SSSR count). The number of hydrogen-bond donors (Lipinski definition) is 1. The van der Waals surface area contributed by atoms with E-state index in [1.165, 1.54) is 54.6 Å². The molecule has 0 unspecified atom stereocenters. The molecular weight excluding hydrogens is 330 g/mol. The number of aliphatic carboxylic acids is 1. The smallest absolute Gasteiger partial charge is 0.323 e. The Hall–Kier alpha value is -3.35. The second kappa shape index (κ2) is 6.64. The Morgan fingerprint density at radius 2 is 1.60 bits per heavy atom. The van der Waals surface area contributed by atoms with Crippen molar-refractivity contribution in [1.82, 2.24) is 4.90 Å². The highest BCUT2D eigenvalue weighted by atomic mass is 19.1. The van der Waals surface area contributed by atoms with Gasteiger partial charge in [0.05, 0.1) is 0 Å². The molecule has 0 atom stereocenters. The first-order valence-electron chi connectivity index (χ1n) is 7.29. The summed E-state index contributed by atoms with van der Waals surface area (Å²) >= 11 is 0. The standard InChI is InChI=1S/C18H12F2N2O3/c19-13-5-1-11(2-6-13)9-15-18(25)22(10-16(23)24)17(21-15)12-3-7-14(20)8-4-12/h1-9H,10H2,(H,23,24). The van der Waals surface area contributed by atoms with Crippen molar-refractivity contribution in [3.05, 3.63) is 77.0 Å². The summed E-state index contributed by atoms with van der Waals surface area (Å²) < 4.78 is 26.1. The molecule has 0 aromatic heterocycles. The Kier molecular flexibility index (Phi) is 4.38. The van der Waals surface area contributed by atoms with Crippen LogP contribution in [0.3, 0.4) is 0 Å². The van der Waals surface area contributed by atoms with Crippen LogP contribution in [0.1, 0.15) is 11.1 Å². The molecule has 0 radical (unpaired) electrons. The largest absolute Gasteiger partial charge is 0.480 e. The lowest BCUT2D eigenvalue weighted by atomic mass is 10.2. The Balaban J connectivity index is 2.02. The van der Waals surface area contributed by atoms with Crippen LogP contribution in [0.25, 0.3) is 6.08 Å². The van der Waals surface area contributed by atoms with E-state index in [0.29, 0.717) is 11.1 Å². The molecule has 7 heteroatoms. The molecule has 1 aliphatic heterocycles. The van der Waals surface area contributed by atoms with Crippen molar-refractivity contribution in [1.29, 1.82) is 0 Å². The summed E-state index contributed by atoms with van der Waals surface area (Å²) in [5.41, 5.74) is 0.981. The molecule has 126 valence electrons. The molecule has 0 spiro atoms. The van der Waals surface area contributed by atoms with Crippen LogP contribution in [0.2, 0.25) is 0 Å². The maximum Gasteiger partial charge on any atom is 0.323 e. The zero-order valence-corrected chi connectivity index (χ0v) is 12.8. The maximum absolute atomic E-state index is 13.1. The van der Waals surface area contributed by atoms with Gasteiger partial charge in [-0.1, -0.05) is 12.1 Å². The van der Waals surface area contributed by atoms with Gasteiger partial charge in [-0.2, -0.15) is 0 Å². The van der Waals surface area contributed by atoms with Crippen molar-refractivity contribution < 1.29 is 23.5 Å². The van der Waals surface area contributed by atoms with E-state index in [9.17, 15) is 18.4 Å². The third-order valence-corrected chi connectivity index (χ3v) is 3.52. The highest BCUT2D eigenvalue weighted by molar-refractivity contribution is 6.20. The Morgan fingerprint density at radius 1 is 1.04 bits per heavy atom. The van der Waals surface area contributed by atoms with Gasteiger partial charge in [-0.3, -0.25) is 14.5 Å². The first-order chi connectivity index (χ1) is 11.9. The average molecular weight is 342 g/mol. The highest BCUT2D eigenvalue weighted by Crippen LogP contribution is 2.22. The van der Waals surface area contributed by atoms with Gasteiger partial charge in [-0.05, 0) is 48.0 Å². The Labute approximate surface area is 141 Å². The van der Waals surface area contributed by atoms with Crippen LogP contribution in [-0.2, 0) is 9.59 Å². The van der Waals surface area contributed by atoms with Crippen molar-refractivity contribution in [2.45, 2.75) is 0 Å². The van der Waals surface area contributed by atoms with E-state index < -0.39 is 30.1 Å². The predicted octanol–water partition coefficient (Wildman–Crippen LogP) is 2.68. The monoisotopic (exact) mass is 342 g/mol. The molecule has 0 aliphatic carbocycles. The van der Waals surface area contributed by atoms with Crippen molar-refractivity contribution in [2.24, 2.45) is 4.99 Å². The number of aliphatic imine (C=N–C) groups is 1. The first-order valence-corrected chi connectivity index (χ1v) is 7.29. The van der Waals surface area contributed by atoms with E-state index in [4.69, 9.17) is 5.11 Å². The van der Waals surface area contributed by atoms with Crippen molar-refractivity contribution in [3.8, 4) is 0 Å². The minimum atomic E-state index is -1.20. The quantitative estimate of drug-likeness (QED) is 0.869. The van der Waals surface area contributed by atoms with E-state index in [1.807, 2.05) is 0 Å². The van der Waals surface area contributed by atoms with Gasteiger partial charge < -0.3 is 5.11 Å². The lowest BCUT2D eigenvalue weighted by Gasteiger charge is -2.15. The molecule has 1 N–H and O–H groups in total. The van der Waals surface area contributed by atoms with Gasteiger partial charge in [-0.15, -0.1) is 0 Å². The van der Waals surface area contributed by atoms with E-state index in [1.54, 1.807) is 0 Å². The summed E-state index contributed by atoms with van der Waals surface area (Å²) in [5.74, 6) is -2.54. The highest BCUT2D eigenvalue weighted by Gasteiger charge is 2.32. The minimum absolute atomic E-state index is 0.0205. The summed E-state index contributed by atoms with van der Waals surface area (Å²) in [7, 11) is 0.